The Bertz CT molecular complexity index is 688. The molecule has 112 valence electrons. The van der Waals surface area contributed by atoms with E-state index >= 15 is 0 Å². The molecule has 0 amide bonds. The number of rotatable bonds is 4. The van der Waals surface area contributed by atoms with E-state index in [9.17, 15) is 9.59 Å². The number of nitrogens with zero attached hydrogens (tertiary/aromatic N) is 1. The summed E-state index contributed by atoms with van der Waals surface area (Å²) in [5.41, 5.74) is 1.16. The Morgan fingerprint density at radius 3 is 2.71 bits per heavy atom. The number of fused-ring (bicyclic) bond motifs is 1. The zero-order chi connectivity index (χ0) is 15.6. The number of carbonyl (C=O) groups is 2. The summed E-state index contributed by atoms with van der Waals surface area (Å²) in [5.74, 6) is 0. The monoisotopic (exact) mass is 367 g/mol. The second kappa shape index (κ2) is 6.15. The number of carbonyl (C=O) groups excluding carboxylic acids is 2. The highest BCUT2D eigenvalue weighted by molar-refractivity contribution is 9.10. The van der Waals surface area contributed by atoms with Crippen LogP contribution in [-0.2, 0) is 4.74 Å². The molecule has 2 rings (SSSR count). The number of aldehydes is 1. The van der Waals surface area contributed by atoms with Crippen LogP contribution in [0.1, 0.15) is 10.4 Å². The van der Waals surface area contributed by atoms with E-state index in [1.807, 2.05) is 12.1 Å². The van der Waals surface area contributed by atoms with Crippen LogP contribution in [0.25, 0.3) is 10.9 Å². The van der Waals surface area contributed by atoms with Gasteiger partial charge in [0.15, 0.2) is 6.29 Å². The Kier molecular flexibility index (Phi) is 4.68. The van der Waals surface area contributed by atoms with Crippen molar-refractivity contribution in [2.45, 2.75) is 25.7 Å². The van der Waals surface area contributed by atoms with Crippen LogP contribution in [0, 0.1) is 0 Å². The van der Waals surface area contributed by atoms with Crippen LogP contribution >= 0.6 is 15.9 Å². The van der Waals surface area contributed by atoms with Crippen molar-refractivity contribution in [3.05, 3.63) is 34.4 Å². The van der Waals surface area contributed by atoms with Crippen molar-refractivity contribution in [3.8, 4) is 0 Å². The zero-order valence-electron chi connectivity index (χ0n) is 12.4. The largest absolute Gasteiger partial charge is 0.449 e. The highest BCUT2D eigenvalue weighted by atomic mass is 79.9. The Hall–Kier alpha value is -1.40. The van der Waals surface area contributed by atoms with E-state index in [1.54, 1.807) is 6.07 Å². The fourth-order valence-corrected chi connectivity index (χ4v) is 3.06. The second-order valence-electron chi connectivity index (χ2n) is 6.16. The Morgan fingerprint density at radius 1 is 1.38 bits per heavy atom. The van der Waals surface area contributed by atoms with E-state index in [-0.39, 0.29) is 0 Å². The van der Waals surface area contributed by atoms with Crippen molar-refractivity contribution in [2.75, 3.05) is 6.61 Å². The molecule has 0 N–H and O–H groups in total. The minimum absolute atomic E-state index is 0.418. The van der Waals surface area contributed by atoms with Crippen LogP contribution in [-0.4, -0.2) is 31.6 Å². The summed E-state index contributed by atoms with van der Waals surface area (Å²) in [4.78, 5) is 23.3. The summed E-state index contributed by atoms with van der Waals surface area (Å²) in [6.07, 6.45) is 1.84. The predicted molar refractivity (Wildman–Crippen MR) is 89.9 cm³/mol. The molecule has 0 aliphatic rings. The summed E-state index contributed by atoms with van der Waals surface area (Å²) in [6.45, 7) is 7.11. The molecule has 0 saturated heterocycles. The van der Waals surface area contributed by atoms with Gasteiger partial charge in [-0.1, -0.05) is 35.6 Å². The van der Waals surface area contributed by atoms with Crippen LogP contribution in [0.15, 0.2) is 28.9 Å². The number of ether oxygens (including phenoxy) is 1. The lowest BCUT2D eigenvalue weighted by Gasteiger charge is -2.15. The Morgan fingerprint density at radius 2 is 2.10 bits per heavy atom. The average molecular weight is 368 g/mol. The van der Waals surface area contributed by atoms with Gasteiger partial charge in [-0.3, -0.25) is 9.36 Å². The van der Waals surface area contributed by atoms with Gasteiger partial charge in [0.1, 0.15) is 0 Å². The number of aromatic nitrogens is 1. The first-order valence-electron chi connectivity index (χ1n) is 6.75. The highest BCUT2D eigenvalue weighted by Gasteiger charge is 2.17. The second-order valence-corrected chi connectivity index (χ2v) is 12.7. The lowest BCUT2D eigenvalue weighted by atomic mass is 10.2. The van der Waals surface area contributed by atoms with Crippen molar-refractivity contribution in [1.82, 2.24) is 4.57 Å². The van der Waals surface area contributed by atoms with Gasteiger partial charge in [0, 0.05) is 29.7 Å². The van der Waals surface area contributed by atoms with Crippen LogP contribution < -0.4 is 0 Å². The molecule has 0 radical (unpaired) electrons. The predicted octanol–water partition coefficient (Wildman–Crippen LogP) is 4.54. The van der Waals surface area contributed by atoms with Crippen LogP contribution in [0.3, 0.4) is 0 Å². The molecule has 0 aliphatic heterocycles. The molecule has 4 nitrogen and oxygen atoms in total. The molecular formula is C15H18BrNO3Si. The maximum absolute atomic E-state index is 12.2. The molecular weight excluding hydrogens is 350 g/mol. The van der Waals surface area contributed by atoms with Crippen molar-refractivity contribution in [1.29, 1.82) is 0 Å². The van der Waals surface area contributed by atoms with Crippen LogP contribution in [0.5, 0.6) is 0 Å². The maximum Gasteiger partial charge on any atom is 0.418 e. The molecule has 1 aromatic carbocycles. The van der Waals surface area contributed by atoms with E-state index < -0.39 is 14.2 Å². The van der Waals surface area contributed by atoms with Gasteiger partial charge in [0.25, 0.3) is 0 Å². The molecule has 6 heteroatoms. The van der Waals surface area contributed by atoms with E-state index in [2.05, 4.69) is 35.6 Å². The Balaban J connectivity index is 2.25. The third-order valence-corrected chi connectivity index (χ3v) is 5.40. The highest BCUT2D eigenvalue weighted by Crippen LogP contribution is 2.24. The molecule has 0 unspecified atom stereocenters. The molecule has 2 aromatic rings. The minimum atomic E-state index is -1.24. The smallest absolute Gasteiger partial charge is 0.418 e. The minimum Gasteiger partial charge on any atom is -0.449 e. The summed E-state index contributed by atoms with van der Waals surface area (Å²) in [5, 5.41) is 0.738. The standard InChI is InChI=1S/C15H18BrNO3Si/c1-21(2,3)7-6-20-15(19)17-9-11(10-18)13-8-12(16)4-5-14(13)17/h4-5,8-10H,6-7H2,1-3H3. The van der Waals surface area contributed by atoms with Gasteiger partial charge < -0.3 is 4.74 Å². The molecule has 0 saturated carbocycles. The molecule has 0 atom stereocenters. The molecule has 0 fully saturated rings. The van der Waals surface area contributed by atoms with E-state index in [0.717, 1.165) is 22.2 Å². The van der Waals surface area contributed by atoms with E-state index in [1.165, 1.54) is 10.8 Å². The quantitative estimate of drug-likeness (QED) is 0.588. The van der Waals surface area contributed by atoms with Gasteiger partial charge in [-0.2, -0.15) is 0 Å². The number of hydrogen-bond acceptors (Lipinski definition) is 3. The van der Waals surface area contributed by atoms with Gasteiger partial charge in [-0.15, -0.1) is 0 Å². The summed E-state index contributed by atoms with van der Waals surface area (Å²) in [7, 11) is -1.24. The number of hydrogen-bond donors (Lipinski definition) is 0. The van der Waals surface area contributed by atoms with Gasteiger partial charge in [-0.25, -0.2) is 4.79 Å². The molecule has 1 aromatic heterocycles. The lowest BCUT2D eigenvalue weighted by molar-refractivity contribution is 0.112. The van der Waals surface area contributed by atoms with Crippen molar-refractivity contribution in [3.63, 3.8) is 0 Å². The fourth-order valence-electron chi connectivity index (χ4n) is 1.99. The molecule has 1 heterocycles. The molecule has 0 spiro atoms. The van der Waals surface area contributed by atoms with Gasteiger partial charge in [0.05, 0.1) is 12.1 Å². The SMILES string of the molecule is C[Si](C)(C)CCOC(=O)n1cc(C=O)c2cc(Br)ccc21. The number of benzene rings is 1. The van der Waals surface area contributed by atoms with Crippen molar-refractivity contribution < 1.29 is 14.3 Å². The fraction of sp³-hybridized carbons (Fsp3) is 0.333. The maximum atomic E-state index is 12.2. The summed E-state index contributed by atoms with van der Waals surface area (Å²) >= 11 is 3.37. The summed E-state index contributed by atoms with van der Waals surface area (Å²) in [6, 6.07) is 6.38. The average Bonchev–Trinajstić information content (AvgIpc) is 2.75. The Labute approximate surface area is 133 Å². The van der Waals surface area contributed by atoms with Crippen molar-refractivity contribution >= 4 is 47.3 Å². The zero-order valence-corrected chi connectivity index (χ0v) is 14.9. The van der Waals surface area contributed by atoms with E-state index in [4.69, 9.17) is 4.74 Å². The molecule has 0 bridgehead atoms. The molecule has 21 heavy (non-hydrogen) atoms. The van der Waals surface area contributed by atoms with Gasteiger partial charge in [-0.05, 0) is 24.2 Å². The molecule has 0 aliphatic carbocycles. The van der Waals surface area contributed by atoms with Crippen LogP contribution in [0.2, 0.25) is 25.7 Å². The first kappa shape index (κ1) is 16.0. The topological polar surface area (TPSA) is 48.3 Å². The third kappa shape index (κ3) is 3.82. The first-order valence-corrected chi connectivity index (χ1v) is 11.2. The summed E-state index contributed by atoms with van der Waals surface area (Å²) < 4.78 is 7.59. The lowest BCUT2D eigenvalue weighted by Crippen LogP contribution is -2.23. The number of halogens is 1. The van der Waals surface area contributed by atoms with Gasteiger partial charge >= 0.3 is 6.09 Å². The van der Waals surface area contributed by atoms with Gasteiger partial charge in [0.2, 0.25) is 0 Å². The van der Waals surface area contributed by atoms with Crippen molar-refractivity contribution in [2.24, 2.45) is 0 Å². The van der Waals surface area contributed by atoms with Crippen LogP contribution in [0.4, 0.5) is 4.79 Å². The normalized spacial score (nSPS) is 11.6. The first-order chi connectivity index (χ1) is 9.81. The third-order valence-electron chi connectivity index (χ3n) is 3.20. The van der Waals surface area contributed by atoms with E-state index in [0.29, 0.717) is 17.7 Å².